The third-order valence-corrected chi connectivity index (χ3v) is 2.46. The molecule has 0 aliphatic carbocycles. The van der Waals surface area contributed by atoms with Crippen molar-refractivity contribution in [3.63, 3.8) is 0 Å². The molecule has 6 heteroatoms. The molecule has 2 rings (SSSR count). The molecule has 2 heterocycles. The van der Waals surface area contributed by atoms with Crippen molar-refractivity contribution in [2.45, 2.75) is 6.04 Å². The summed E-state index contributed by atoms with van der Waals surface area (Å²) in [5, 5.41) is 6.20. The smallest absolute Gasteiger partial charge is 0.243 e. The summed E-state index contributed by atoms with van der Waals surface area (Å²) in [5.74, 6) is -0.121. The Balaban J connectivity index is 1.93. The van der Waals surface area contributed by atoms with E-state index in [2.05, 4.69) is 15.6 Å². The van der Waals surface area contributed by atoms with Crippen LogP contribution < -0.4 is 10.6 Å². The van der Waals surface area contributed by atoms with Crippen LogP contribution >= 0.6 is 11.6 Å². The number of morpholine rings is 1. The number of hydrogen-bond donors (Lipinski definition) is 2. The lowest BCUT2D eigenvalue weighted by atomic mass is 10.2. The number of ether oxygens (including phenoxy) is 1. The molecular formula is C10H12ClN3O2. The Bertz CT molecular complexity index is 363. The minimum Gasteiger partial charge on any atom is -0.378 e. The summed E-state index contributed by atoms with van der Waals surface area (Å²) in [6.45, 7) is 1.73. The molecule has 1 aliphatic rings. The van der Waals surface area contributed by atoms with E-state index < -0.39 is 0 Å². The van der Waals surface area contributed by atoms with Crippen LogP contribution in [0.25, 0.3) is 0 Å². The van der Waals surface area contributed by atoms with Gasteiger partial charge in [-0.2, -0.15) is 0 Å². The summed E-state index contributed by atoms with van der Waals surface area (Å²) >= 11 is 5.64. The maximum atomic E-state index is 11.7. The largest absolute Gasteiger partial charge is 0.378 e. The van der Waals surface area contributed by atoms with E-state index in [0.717, 1.165) is 0 Å². The Morgan fingerprint density at radius 2 is 2.50 bits per heavy atom. The molecule has 1 aliphatic heterocycles. The van der Waals surface area contributed by atoms with E-state index in [4.69, 9.17) is 16.3 Å². The van der Waals surface area contributed by atoms with Crippen molar-refractivity contribution in [3.05, 3.63) is 23.5 Å². The molecule has 1 aromatic rings. The van der Waals surface area contributed by atoms with Crippen molar-refractivity contribution in [1.29, 1.82) is 0 Å². The molecule has 0 radical (unpaired) electrons. The number of pyridine rings is 1. The third-order valence-electron chi connectivity index (χ3n) is 2.23. The molecule has 1 fully saturated rings. The number of rotatable bonds is 2. The fourth-order valence-electron chi connectivity index (χ4n) is 1.41. The maximum absolute atomic E-state index is 11.7. The Morgan fingerprint density at radius 3 is 3.12 bits per heavy atom. The van der Waals surface area contributed by atoms with Crippen molar-refractivity contribution >= 4 is 23.2 Å². The fourth-order valence-corrected chi connectivity index (χ4v) is 1.52. The van der Waals surface area contributed by atoms with Crippen LogP contribution in [0.5, 0.6) is 0 Å². The van der Waals surface area contributed by atoms with Gasteiger partial charge in [-0.15, -0.1) is 0 Å². The molecule has 0 spiro atoms. The summed E-state index contributed by atoms with van der Waals surface area (Å²) < 4.78 is 5.20. The molecule has 0 aromatic carbocycles. The van der Waals surface area contributed by atoms with Crippen molar-refractivity contribution in [1.82, 2.24) is 10.3 Å². The van der Waals surface area contributed by atoms with E-state index in [-0.39, 0.29) is 11.9 Å². The lowest BCUT2D eigenvalue weighted by Crippen LogP contribution is -2.48. The normalized spacial score (nSPS) is 20.4. The van der Waals surface area contributed by atoms with Gasteiger partial charge >= 0.3 is 0 Å². The summed E-state index contributed by atoms with van der Waals surface area (Å²) in [4.78, 5) is 15.6. The topological polar surface area (TPSA) is 63.2 Å². The monoisotopic (exact) mass is 241 g/mol. The molecular weight excluding hydrogens is 230 g/mol. The zero-order chi connectivity index (χ0) is 11.4. The Morgan fingerprint density at radius 1 is 1.62 bits per heavy atom. The first-order valence-corrected chi connectivity index (χ1v) is 5.37. The van der Waals surface area contributed by atoms with Gasteiger partial charge in [-0.1, -0.05) is 11.6 Å². The lowest BCUT2D eigenvalue weighted by Gasteiger charge is -2.22. The molecule has 1 unspecified atom stereocenters. The van der Waals surface area contributed by atoms with E-state index in [1.54, 1.807) is 12.1 Å². The number of nitrogens with zero attached hydrogens (tertiary/aromatic N) is 1. The van der Waals surface area contributed by atoms with Crippen molar-refractivity contribution in [2.24, 2.45) is 0 Å². The summed E-state index contributed by atoms with van der Waals surface area (Å²) in [6.07, 6.45) is 1.52. The second-order valence-electron chi connectivity index (χ2n) is 3.44. The van der Waals surface area contributed by atoms with Crippen LogP contribution in [-0.4, -0.2) is 36.7 Å². The SMILES string of the molecule is O=C(Nc1ccc(Cl)nc1)C1COCCN1. The highest BCUT2D eigenvalue weighted by molar-refractivity contribution is 6.29. The van der Waals surface area contributed by atoms with E-state index in [0.29, 0.717) is 30.6 Å². The number of amides is 1. The Kier molecular flexibility index (Phi) is 3.71. The quantitative estimate of drug-likeness (QED) is 0.747. The number of hydrogen-bond acceptors (Lipinski definition) is 4. The minimum atomic E-state index is -0.301. The summed E-state index contributed by atoms with van der Waals surface area (Å²) in [7, 11) is 0. The Labute approximate surface area is 98.1 Å². The van der Waals surface area contributed by atoms with Gasteiger partial charge in [0, 0.05) is 6.54 Å². The van der Waals surface area contributed by atoms with Crippen LogP contribution in [-0.2, 0) is 9.53 Å². The maximum Gasteiger partial charge on any atom is 0.243 e. The van der Waals surface area contributed by atoms with Gasteiger partial charge in [-0.05, 0) is 12.1 Å². The summed E-state index contributed by atoms with van der Waals surface area (Å²) in [5.41, 5.74) is 0.627. The Hall–Kier alpha value is -1.17. The highest BCUT2D eigenvalue weighted by Crippen LogP contribution is 2.10. The van der Waals surface area contributed by atoms with E-state index in [9.17, 15) is 4.79 Å². The first-order chi connectivity index (χ1) is 7.75. The first kappa shape index (κ1) is 11.3. The second-order valence-corrected chi connectivity index (χ2v) is 3.83. The number of carbonyl (C=O) groups is 1. The van der Waals surface area contributed by atoms with Crippen LogP contribution in [0.3, 0.4) is 0 Å². The number of aromatic nitrogens is 1. The highest BCUT2D eigenvalue weighted by atomic mass is 35.5. The number of carbonyl (C=O) groups excluding carboxylic acids is 1. The van der Waals surface area contributed by atoms with Gasteiger partial charge in [-0.3, -0.25) is 4.79 Å². The molecule has 1 saturated heterocycles. The van der Waals surface area contributed by atoms with Gasteiger partial charge in [0.2, 0.25) is 5.91 Å². The molecule has 0 saturated carbocycles. The molecule has 1 amide bonds. The van der Waals surface area contributed by atoms with Crippen LogP contribution in [0, 0.1) is 0 Å². The highest BCUT2D eigenvalue weighted by Gasteiger charge is 2.20. The predicted octanol–water partition coefficient (Wildman–Crippen LogP) is 0.662. The van der Waals surface area contributed by atoms with Gasteiger partial charge < -0.3 is 15.4 Å². The molecule has 1 aromatic heterocycles. The number of anilines is 1. The van der Waals surface area contributed by atoms with Crippen LogP contribution in [0.2, 0.25) is 5.15 Å². The van der Waals surface area contributed by atoms with E-state index in [1.807, 2.05) is 0 Å². The molecule has 16 heavy (non-hydrogen) atoms. The fraction of sp³-hybridized carbons (Fsp3) is 0.400. The van der Waals surface area contributed by atoms with Gasteiger partial charge in [0.15, 0.2) is 0 Å². The molecule has 5 nitrogen and oxygen atoms in total. The van der Waals surface area contributed by atoms with Crippen LogP contribution in [0.15, 0.2) is 18.3 Å². The second kappa shape index (κ2) is 5.25. The third kappa shape index (κ3) is 2.91. The molecule has 2 N–H and O–H groups in total. The van der Waals surface area contributed by atoms with E-state index in [1.165, 1.54) is 6.20 Å². The minimum absolute atomic E-state index is 0.121. The predicted molar refractivity (Wildman–Crippen MR) is 60.5 cm³/mol. The molecule has 1 atom stereocenters. The van der Waals surface area contributed by atoms with Crippen LogP contribution in [0.4, 0.5) is 5.69 Å². The first-order valence-electron chi connectivity index (χ1n) is 4.99. The number of halogens is 1. The average molecular weight is 242 g/mol. The lowest BCUT2D eigenvalue weighted by molar-refractivity contribution is -0.120. The van der Waals surface area contributed by atoms with Gasteiger partial charge in [0.1, 0.15) is 11.2 Å². The van der Waals surface area contributed by atoms with Crippen molar-refractivity contribution in [3.8, 4) is 0 Å². The van der Waals surface area contributed by atoms with Crippen molar-refractivity contribution < 1.29 is 9.53 Å². The van der Waals surface area contributed by atoms with Gasteiger partial charge in [0.05, 0.1) is 25.1 Å². The van der Waals surface area contributed by atoms with Crippen molar-refractivity contribution in [2.75, 3.05) is 25.1 Å². The van der Waals surface area contributed by atoms with Gasteiger partial charge in [0.25, 0.3) is 0 Å². The zero-order valence-corrected chi connectivity index (χ0v) is 9.33. The van der Waals surface area contributed by atoms with E-state index >= 15 is 0 Å². The molecule has 0 bridgehead atoms. The summed E-state index contributed by atoms with van der Waals surface area (Å²) in [6, 6.07) is 3.03. The zero-order valence-electron chi connectivity index (χ0n) is 8.57. The standard InChI is InChI=1S/C10H12ClN3O2/c11-9-2-1-7(5-13-9)14-10(15)8-6-16-4-3-12-8/h1-2,5,8,12H,3-4,6H2,(H,14,15). The average Bonchev–Trinajstić information content (AvgIpc) is 2.33. The van der Waals surface area contributed by atoms with Crippen LogP contribution in [0.1, 0.15) is 0 Å². The number of nitrogens with one attached hydrogen (secondary N) is 2. The van der Waals surface area contributed by atoms with Gasteiger partial charge in [-0.25, -0.2) is 4.98 Å². The molecule has 86 valence electrons.